The van der Waals surface area contributed by atoms with Gasteiger partial charge in [0, 0.05) is 29.6 Å². The summed E-state index contributed by atoms with van der Waals surface area (Å²) in [6.07, 6.45) is 2.10. The van der Waals surface area contributed by atoms with Crippen molar-refractivity contribution in [2.24, 2.45) is 0 Å². The van der Waals surface area contributed by atoms with E-state index in [1.165, 1.54) is 12.1 Å². The maximum atomic E-state index is 14.1. The highest BCUT2D eigenvalue weighted by Gasteiger charge is 2.53. The number of unbranched alkanes of at least 4 members (excludes halogenated alkanes) is 1. The first-order valence-corrected chi connectivity index (χ1v) is 12.9. The van der Waals surface area contributed by atoms with E-state index in [1.807, 2.05) is 31.2 Å². The molecule has 1 aromatic heterocycles. The summed E-state index contributed by atoms with van der Waals surface area (Å²) in [6.45, 7) is 2.54. The van der Waals surface area contributed by atoms with Crippen LogP contribution in [0.4, 0.5) is 14.9 Å². The van der Waals surface area contributed by atoms with Gasteiger partial charge in [0.2, 0.25) is 0 Å². The maximum Gasteiger partial charge on any atom is 0.332 e. The predicted octanol–water partition coefficient (Wildman–Crippen LogP) is 5.32. The molecule has 192 valence electrons. The number of urea groups is 1. The lowest BCUT2D eigenvalue weighted by Crippen LogP contribution is -2.44. The third-order valence-electron chi connectivity index (χ3n) is 7.44. The number of carbonyl (C=O) groups excluding carboxylic acids is 3. The number of anilines is 1. The molecule has 2 aliphatic rings. The number of rotatable bonds is 6. The third kappa shape index (κ3) is 3.75. The minimum atomic E-state index is -0.763. The summed E-state index contributed by atoms with van der Waals surface area (Å²) >= 11 is 0. The monoisotopic (exact) mass is 510 g/mol. The zero-order valence-corrected chi connectivity index (χ0v) is 20.9. The molecular formula is C30H27FN4O3. The van der Waals surface area contributed by atoms with Gasteiger partial charge >= 0.3 is 6.03 Å². The average Bonchev–Trinajstić information content (AvgIpc) is 3.42. The van der Waals surface area contributed by atoms with Gasteiger partial charge < -0.3 is 10.3 Å². The van der Waals surface area contributed by atoms with Crippen LogP contribution in [-0.4, -0.2) is 40.3 Å². The summed E-state index contributed by atoms with van der Waals surface area (Å²) in [5.41, 5.74) is 3.91. The molecule has 6 rings (SSSR count). The van der Waals surface area contributed by atoms with Gasteiger partial charge in [-0.2, -0.15) is 0 Å². The quantitative estimate of drug-likeness (QED) is 0.272. The van der Waals surface area contributed by atoms with Crippen molar-refractivity contribution in [2.75, 3.05) is 11.4 Å². The van der Waals surface area contributed by atoms with Crippen LogP contribution in [-0.2, 0) is 11.2 Å². The summed E-state index contributed by atoms with van der Waals surface area (Å²) in [7, 11) is 0. The Hall–Kier alpha value is -4.46. The number of halogens is 1. The topological polar surface area (TPSA) is 85.5 Å². The number of H-pyrrole nitrogens is 1. The van der Waals surface area contributed by atoms with Crippen LogP contribution in [0.3, 0.4) is 0 Å². The van der Waals surface area contributed by atoms with Crippen LogP contribution in [0, 0.1) is 5.82 Å². The molecule has 0 aliphatic carbocycles. The van der Waals surface area contributed by atoms with Gasteiger partial charge in [0.15, 0.2) is 0 Å². The minimum absolute atomic E-state index is 0.261. The number of nitrogens with one attached hydrogen (secondary N) is 2. The Morgan fingerprint density at radius 2 is 1.76 bits per heavy atom. The van der Waals surface area contributed by atoms with Crippen LogP contribution in [0.1, 0.15) is 53.0 Å². The van der Waals surface area contributed by atoms with Crippen LogP contribution >= 0.6 is 0 Å². The number of hydrogen-bond donors (Lipinski definition) is 2. The fourth-order valence-corrected chi connectivity index (χ4v) is 5.62. The average molecular weight is 511 g/mol. The number of benzene rings is 3. The Labute approximate surface area is 219 Å². The Morgan fingerprint density at radius 1 is 1.03 bits per heavy atom. The molecule has 8 heteroatoms. The summed E-state index contributed by atoms with van der Waals surface area (Å²) < 4.78 is 13.9. The molecule has 0 spiro atoms. The summed E-state index contributed by atoms with van der Waals surface area (Å²) in [4.78, 5) is 47.2. The van der Waals surface area contributed by atoms with E-state index in [1.54, 1.807) is 41.3 Å². The van der Waals surface area contributed by atoms with E-state index in [4.69, 9.17) is 0 Å². The number of imide groups is 1. The highest BCUT2D eigenvalue weighted by Crippen LogP contribution is 2.45. The number of amides is 4. The van der Waals surface area contributed by atoms with Crippen molar-refractivity contribution in [3.63, 3.8) is 0 Å². The minimum Gasteiger partial charge on any atom is -0.356 e. The van der Waals surface area contributed by atoms with Crippen molar-refractivity contribution in [1.82, 2.24) is 15.2 Å². The number of carbonyl (C=O) groups is 3. The standard InChI is InChI=1S/C30H27FN4O3/c1-2-3-16-32-28(36)21-9-5-7-11-24(21)35-29(37)25-17-22-20-8-4-6-10-23(20)33-26(22)27(34(25)30(35)38)18-12-14-19(31)15-13-18/h4-15,25,27,33H,2-3,16-17H2,1H3,(H,32,36)/t25-,27?/m0/s1. The number of nitrogens with zero attached hydrogens (tertiary/aromatic N) is 2. The van der Waals surface area contributed by atoms with E-state index in [-0.39, 0.29) is 28.9 Å². The van der Waals surface area contributed by atoms with Crippen molar-refractivity contribution < 1.29 is 18.8 Å². The van der Waals surface area contributed by atoms with Gasteiger partial charge in [-0.25, -0.2) is 14.1 Å². The maximum absolute atomic E-state index is 14.1. The Kier molecular flexibility index (Phi) is 5.94. The van der Waals surface area contributed by atoms with Gasteiger partial charge in [-0.05, 0) is 47.9 Å². The normalized spacial score (nSPS) is 18.6. The van der Waals surface area contributed by atoms with Crippen molar-refractivity contribution in [3.05, 3.63) is 101 Å². The molecule has 7 nitrogen and oxygen atoms in total. The van der Waals surface area contributed by atoms with Crippen LogP contribution in [0.15, 0.2) is 72.8 Å². The second-order valence-electron chi connectivity index (χ2n) is 9.73. The van der Waals surface area contributed by atoms with E-state index < -0.39 is 18.1 Å². The zero-order chi connectivity index (χ0) is 26.4. The lowest BCUT2D eigenvalue weighted by molar-refractivity contribution is -0.120. The molecule has 1 fully saturated rings. The molecule has 0 radical (unpaired) electrons. The Morgan fingerprint density at radius 3 is 2.55 bits per heavy atom. The van der Waals surface area contributed by atoms with E-state index in [0.717, 1.165) is 39.9 Å². The largest absolute Gasteiger partial charge is 0.356 e. The first-order valence-electron chi connectivity index (χ1n) is 12.9. The van der Waals surface area contributed by atoms with Crippen LogP contribution in [0.2, 0.25) is 0 Å². The second-order valence-corrected chi connectivity index (χ2v) is 9.73. The first-order chi connectivity index (χ1) is 18.5. The highest BCUT2D eigenvalue weighted by molar-refractivity contribution is 6.24. The molecule has 3 heterocycles. The lowest BCUT2D eigenvalue weighted by atomic mass is 9.89. The van der Waals surface area contributed by atoms with E-state index in [2.05, 4.69) is 10.3 Å². The van der Waals surface area contributed by atoms with Crippen LogP contribution < -0.4 is 10.2 Å². The molecule has 3 aromatic carbocycles. The molecule has 4 aromatic rings. The van der Waals surface area contributed by atoms with Crippen LogP contribution in [0.5, 0.6) is 0 Å². The van der Waals surface area contributed by atoms with Crippen molar-refractivity contribution in [3.8, 4) is 0 Å². The number of aromatic nitrogens is 1. The Bertz CT molecular complexity index is 1560. The second kappa shape index (κ2) is 9.45. The number of fused-ring (bicyclic) bond motifs is 4. The summed E-state index contributed by atoms with van der Waals surface area (Å²) in [5, 5.41) is 3.87. The zero-order valence-electron chi connectivity index (χ0n) is 20.9. The molecule has 0 saturated carbocycles. The van der Waals surface area contributed by atoms with E-state index in [9.17, 15) is 18.8 Å². The Balaban J connectivity index is 1.45. The van der Waals surface area contributed by atoms with Gasteiger partial charge in [0.1, 0.15) is 17.9 Å². The molecule has 0 bridgehead atoms. The van der Waals surface area contributed by atoms with E-state index in [0.29, 0.717) is 18.5 Å². The lowest BCUT2D eigenvalue weighted by Gasteiger charge is -2.36. The highest BCUT2D eigenvalue weighted by atomic mass is 19.1. The predicted molar refractivity (Wildman–Crippen MR) is 142 cm³/mol. The van der Waals surface area contributed by atoms with Crippen LogP contribution in [0.25, 0.3) is 10.9 Å². The molecule has 38 heavy (non-hydrogen) atoms. The summed E-state index contributed by atoms with van der Waals surface area (Å²) in [5.74, 6) is -1.09. The molecule has 1 unspecified atom stereocenters. The first kappa shape index (κ1) is 23.9. The smallest absolute Gasteiger partial charge is 0.332 e. The van der Waals surface area contributed by atoms with Crippen molar-refractivity contribution in [2.45, 2.75) is 38.3 Å². The molecular weight excluding hydrogens is 483 g/mol. The number of aromatic amines is 1. The van der Waals surface area contributed by atoms with Gasteiger partial charge in [0.05, 0.1) is 11.3 Å². The van der Waals surface area contributed by atoms with E-state index >= 15 is 0 Å². The van der Waals surface area contributed by atoms with Gasteiger partial charge in [-0.1, -0.05) is 55.8 Å². The van der Waals surface area contributed by atoms with Gasteiger partial charge in [-0.3, -0.25) is 14.5 Å². The molecule has 2 atom stereocenters. The molecule has 4 amide bonds. The van der Waals surface area contributed by atoms with Gasteiger partial charge in [0.25, 0.3) is 11.8 Å². The number of para-hydroxylation sites is 2. The SMILES string of the molecule is CCCCNC(=O)c1ccccc1N1C(=O)[C@@H]2Cc3c([nH]c4ccccc34)C(c3ccc(F)cc3)N2C1=O. The molecule has 2 N–H and O–H groups in total. The summed E-state index contributed by atoms with van der Waals surface area (Å²) in [6, 6.07) is 18.6. The van der Waals surface area contributed by atoms with Gasteiger partial charge in [-0.15, -0.1) is 0 Å². The van der Waals surface area contributed by atoms with Crippen molar-refractivity contribution >= 4 is 34.4 Å². The fraction of sp³-hybridized carbons (Fsp3) is 0.233. The molecule has 1 saturated heterocycles. The fourth-order valence-electron chi connectivity index (χ4n) is 5.62. The number of hydrogen-bond acceptors (Lipinski definition) is 3. The molecule has 2 aliphatic heterocycles. The van der Waals surface area contributed by atoms with Crippen molar-refractivity contribution in [1.29, 1.82) is 0 Å². The third-order valence-corrected chi connectivity index (χ3v) is 7.44.